The Labute approximate surface area is 157 Å². The number of nitrogens with one attached hydrogen (secondary N) is 1. The van der Waals surface area contributed by atoms with Gasteiger partial charge in [0.15, 0.2) is 5.58 Å². The van der Waals surface area contributed by atoms with Gasteiger partial charge >= 0.3 is 0 Å². The van der Waals surface area contributed by atoms with E-state index in [2.05, 4.69) is 27.4 Å². The highest BCUT2D eigenvalue weighted by atomic mass is 16.3. The zero-order valence-electron chi connectivity index (χ0n) is 14.8. The third kappa shape index (κ3) is 4.03. The second kappa shape index (κ2) is 7.83. The molecule has 0 fully saturated rings. The molecule has 2 heterocycles. The van der Waals surface area contributed by atoms with Crippen molar-refractivity contribution in [2.75, 3.05) is 6.54 Å². The number of carbonyl (C=O) groups excluding carboxylic acids is 1. The van der Waals surface area contributed by atoms with Gasteiger partial charge in [-0.15, -0.1) is 0 Å². The summed E-state index contributed by atoms with van der Waals surface area (Å²) in [6.07, 6.45) is 5.23. The van der Waals surface area contributed by atoms with Crippen molar-refractivity contribution >= 4 is 17.0 Å². The maximum Gasteiger partial charge on any atom is 0.251 e. The van der Waals surface area contributed by atoms with Gasteiger partial charge in [0.25, 0.3) is 5.91 Å². The molecular weight excluding hydrogens is 338 g/mol. The molecule has 5 heteroatoms. The van der Waals surface area contributed by atoms with Crippen LogP contribution in [0.4, 0.5) is 0 Å². The largest absolute Gasteiger partial charge is 0.436 e. The zero-order chi connectivity index (χ0) is 18.5. The quantitative estimate of drug-likeness (QED) is 0.524. The molecule has 27 heavy (non-hydrogen) atoms. The Hall–Kier alpha value is -3.47. The Bertz CT molecular complexity index is 1040. The number of aryl methyl sites for hydroxylation is 1. The summed E-state index contributed by atoms with van der Waals surface area (Å²) in [4.78, 5) is 20.9. The number of benzene rings is 2. The molecule has 4 aromatic rings. The van der Waals surface area contributed by atoms with Crippen molar-refractivity contribution in [3.63, 3.8) is 0 Å². The molecule has 0 aliphatic carbocycles. The topological polar surface area (TPSA) is 68.0 Å². The van der Waals surface area contributed by atoms with E-state index < -0.39 is 0 Å². The second-order valence-corrected chi connectivity index (χ2v) is 6.28. The minimum atomic E-state index is -0.0987. The first-order valence-electron chi connectivity index (χ1n) is 8.93. The smallest absolute Gasteiger partial charge is 0.251 e. The van der Waals surface area contributed by atoms with Gasteiger partial charge in [0.1, 0.15) is 5.52 Å². The van der Waals surface area contributed by atoms with E-state index in [4.69, 9.17) is 4.42 Å². The van der Waals surface area contributed by atoms with Crippen LogP contribution < -0.4 is 5.32 Å². The first-order valence-corrected chi connectivity index (χ1v) is 8.93. The van der Waals surface area contributed by atoms with Crippen molar-refractivity contribution in [1.29, 1.82) is 0 Å². The number of pyridine rings is 1. The standard InChI is InChI=1S/C22H19N3O2/c26-21(24-12-4-7-16-5-2-1-3-6-16)18-8-9-20-19(15-18)25-22(27-20)17-10-13-23-14-11-17/h1-3,5-6,8-11,13-15H,4,7,12H2,(H,24,26). The maximum absolute atomic E-state index is 12.4. The Morgan fingerprint density at radius 2 is 1.81 bits per heavy atom. The van der Waals surface area contributed by atoms with Crippen molar-refractivity contribution in [1.82, 2.24) is 15.3 Å². The van der Waals surface area contributed by atoms with Crippen molar-refractivity contribution in [3.05, 3.63) is 84.2 Å². The third-order valence-electron chi connectivity index (χ3n) is 4.35. The molecule has 0 unspecified atom stereocenters. The molecule has 0 bridgehead atoms. The van der Waals surface area contributed by atoms with E-state index in [0.717, 1.165) is 18.4 Å². The van der Waals surface area contributed by atoms with Gasteiger partial charge in [0.05, 0.1) is 0 Å². The molecule has 134 valence electrons. The number of hydrogen-bond donors (Lipinski definition) is 1. The SMILES string of the molecule is O=C(NCCCc1ccccc1)c1ccc2oc(-c3ccncc3)nc2c1. The molecule has 2 aromatic carbocycles. The molecule has 0 atom stereocenters. The van der Waals surface area contributed by atoms with Crippen LogP contribution in [0.25, 0.3) is 22.6 Å². The van der Waals surface area contributed by atoms with Crippen LogP contribution in [0.3, 0.4) is 0 Å². The predicted molar refractivity (Wildman–Crippen MR) is 104 cm³/mol. The molecule has 2 aromatic heterocycles. The van der Waals surface area contributed by atoms with E-state index in [-0.39, 0.29) is 5.91 Å². The number of aromatic nitrogens is 2. The average molecular weight is 357 g/mol. The van der Waals surface area contributed by atoms with Crippen LogP contribution in [-0.4, -0.2) is 22.4 Å². The van der Waals surface area contributed by atoms with Gasteiger partial charge in [0, 0.05) is 30.1 Å². The fourth-order valence-electron chi connectivity index (χ4n) is 2.93. The molecule has 0 aliphatic heterocycles. The summed E-state index contributed by atoms with van der Waals surface area (Å²) in [5, 5.41) is 2.97. The van der Waals surface area contributed by atoms with Crippen LogP contribution in [0.5, 0.6) is 0 Å². The van der Waals surface area contributed by atoms with Gasteiger partial charge in [0.2, 0.25) is 5.89 Å². The van der Waals surface area contributed by atoms with Crippen LogP contribution in [0.2, 0.25) is 0 Å². The molecule has 0 saturated heterocycles. The molecule has 1 N–H and O–H groups in total. The lowest BCUT2D eigenvalue weighted by Gasteiger charge is -2.05. The summed E-state index contributed by atoms with van der Waals surface area (Å²) in [7, 11) is 0. The Balaban J connectivity index is 1.40. The highest BCUT2D eigenvalue weighted by Gasteiger charge is 2.11. The fourth-order valence-corrected chi connectivity index (χ4v) is 2.93. The van der Waals surface area contributed by atoms with Crippen LogP contribution >= 0.6 is 0 Å². The highest BCUT2D eigenvalue weighted by molar-refractivity contribution is 5.97. The number of rotatable bonds is 6. The predicted octanol–water partition coefficient (Wildman–Crippen LogP) is 4.25. The summed E-state index contributed by atoms with van der Waals surface area (Å²) in [5.74, 6) is 0.422. The molecule has 5 nitrogen and oxygen atoms in total. The van der Waals surface area contributed by atoms with Crippen molar-refractivity contribution in [2.24, 2.45) is 0 Å². The van der Waals surface area contributed by atoms with E-state index in [1.165, 1.54) is 5.56 Å². The molecular formula is C22H19N3O2. The van der Waals surface area contributed by atoms with Gasteiger partial charge in [-0.3, -0.25) is 9.78 Å². The van der Waals surface area contributed by atoms with Crippen molar-refractivity contribution in [3.8, 4) is 11.5 Å². The zero-order valence-corrected chi connectivity index (χ0v) is 14.8. The number of fused-ring (bicyclic) bond motifs is 1. The van der Waals surface area contributed by atoms with Gasteiger partial charge in [-0.25, -0.2) is 4.98 Å². The van der Waals surface area contributed by atoms with Gasteiger partial charge < -0.3 is 9.73 Å². The van der Waals surface area contributed by atoms with Gasteiger partial charge in [-0.2, -0.15) is 0 Å². The lowest BCUT2D eigenvalue weighted by atomic mass is 10.1. The molecule has 0 radical (unpaired) electrons. The van der Waals surface area contributed by atoms with Crippen LogP contribution in [-0.2, 0) is 6.42 Å². The second-order valence-electron chi connectivity index (χ2n) is 6.28. The summed E-state index contributed by atoms with van der Waals surface area (Å²) in [5.41, 5.74) is 4.03. The van der Waals surface area contributed by atoms with Gasteiger partial charge in [-0.05, 0) is 48.7 Å². The average Bonchev–Trinajstić information content (AvgIpc) is 3.16. The van der Waals surface area contributed by atoms with Gasteiger partial charge in [-0.1, -0.05) is 30.3 Å². The van der Waals surface area contributed by atoms with E-state index in [1.54, 1.807) is 30.6 Å². The molecule has 1 amide bonds. The Morgan fingerprint density at radius 3 is 2.63 bits per heavy atom. The van der Waals surface area contributed by atoms with Crippen LogP contribution in [0.1, 0.15) is 22.3 Å². The van der Waals surface area contributed by atoms with E-state index in [9.17, 15) is 4.79 Å². The first-order chi connectivity index (χ1) is 13.3. The number of amides is 1. The van der Waals surface area contributed by atoms with E-state index >= 15 is 0 Å². The van der Waals surface area contributed by atoms with Crippen LogP contribution in [0, 0.1) is 0 Å². The lowest BCUT2D eigenvalue weighted by molar-refractivity contribution is 0.0953. The highest BCUT2D eigenvalue weighted by Crippen LogP contribution is 2.24. The lowest BCUT2D eigenvalue weighted by Crippen LogP contribution is -2.24. The van der Waals surface area contributed by atoms with Crippen LogP contribution in [0.15, 0.2) is 77.5 Å². The number of hydrogen-bond acceptors (Lipinski definition) is 4. The van der Waals surface area contributed by atoms with E-state index in [1.807, 2.05) is 30.3 Å². The summed E-state index contributed by atoms with van der Waals surface area (Å²) < 4.78 is 5.77. The number of carbonyl (C=O) groups is 1. The number of oxazole rings is 1. The minimum Gasteiger partial charge on any atom is -0.436 e. The third-order valence-corrected chi connectivity index (χ3v) is 4.35. The summed E-state index contributed by atoms with van der Waals surface area (Å²) in [6, 6.07) is 19.2. The monoisotopic (exact) mass is 357 g/mol. The molecule has 0 spiro atoms. The van der Waals surface area contributed by atoms with Crippen molar-refractivity contribution in [2.45, 2.75) is 12.8 Å². The Morgan fingerprint density at radius 1 is 1.00 bits per heavy atom. The normalized spacial score (nSPS) is 10.8. The molecule has 4 rings (SSSR count). The first kappa shape index (κ1) is 17.0. The molecule has 0 saturated carbocycles. The number of nitrogens with zero attached hydrogens (tertiary/aromatic N) is 2. The Kier molecular flexibility index (Phi) is 4.92. The van der Waals surface area contributed by atoms with E-state index in [0.29, 0.717) is 29.1 Å². The summed E-state index contributed by atoms with van der Waals surface area (Å²) in [6.45, 7) is 0.632. The minimum absolute atomic E-state index is 0.0987. The van der Waals surface area contributed by atoms with Crippen molar-refractivity contribution < 1.29 is 9.21 Å². The fraction of sp³-hybridized carbons (Fsp3) is 0.136. The molecule has 0 aliphatic rings. The summed E-state index contributed by atoms with van der Waals surface area (Å²) >= 11 is 0. The maximum atomic E-state index is 12.4.